The van der Waals surface area contributed by atoms with Crippen LogP contribution < -0.4 is 0 Å². The summed E-state index contributed by atoms with van der Waals surface area (Å²) in [6, 6.07) is 0. The third kappa shape index (κ3) is 75.4. The predicted octanol–water partition coefficient (Wildman–Crippen LogP) is 22.7. The molecular formula is C87H132O17P2. The van der Waals surface area contributed by atoms with Crippen LogP contribution in [0, 0.1) is 0 Å². The number of phosphoric acid groups is 2. The van der Waals surface area contributed by atoms with Crippen LogP contribution in [-0.2, 0) is 65.4 Å². The molecule has 0 fully saturated rings. The highest BCUT2D eigenvalue weighted by Crippen LogP contribution is 2.45. The van der Waals surface area contributed by atoms with Crippen molar-refractivity contribution in [2.75, 3.05) is 39.6 Å². The van der Waals surface area contributed by atoms with Gasteiger partial charge < -0.3 is 33.8 Å². The number of carbonyl (C=O) groups is 4. The molecule has 0 radical (unpaired) electrons. The number of ether oxygens (including phenoxy) is 4. The zero-order valence-electron chi connectivity index (χ0n) is 64.5. The number of aliphatic hydroxyl groups excluding tert-OH is 1. The second kappa shape index (κ2) is 76.3. The summed E-state index contributed by atoms with van der Waals surface area (Å²) >= 11 is 0. The number of rotatable bonds is 69. The molecule has 19 heteroatoms. The summed E-state index contributed by atoms with van der Waals surface area (Å²) < 4.78 is 68.3. The maximum absolute atomic E-state index is 13.1. The molecule has 0 aliphatic heterocycles. The Morgan fingerprint density at radius 1 is 0.274 bits per heavy atom. The van der Waals surface area contributed by atoms with Gasteiger partial charge in [-0.2, -0.15) is 0 Å². The molecule has 0 spiro atoms. The largest absolute Gasteiger partial charge is 0.472 e. The molecule has 0 aliphatic rings. The first-order valence-electron chi connectivity index (χ1n) is 38.6. The van der Waals surface area contributed by atoms with Gasteiger partial charge in [0.25, 0.3) is 0 Å². The van der Waals surface area contributed by atoms with Gasteiger partial charge in [0.1, 0.15) is 19.3 Å². The Balaban J connectivity index is 5.58. The van der Waals surface area contributed by atoms with Gasteiger partial charge in [-0.15, -0.1) is 0 Å². The van der Waals surface area contributed by atoms with E-state index in [4.69, 9.17) is 37.0 Å². The van der Waals surface area contributed by atoms with E-state index in [0.29, 0.717) is 38.5 Å². The summed E-state index contributed by atoms with van der Waals surface area (Å²) in [6.07, 6.45) is 98.0. The minimum absolute atomic E-state index is 0.0201. The van der Waals surface area contributed by atoms with Crippen LogP contribution in [-0.4, -0.2) is 96.7 Å². The van der Waals surface area contributed by atoms with Crippen molar-refractivity contribution in [2.24, 2.45) is 0 Å². The van der Waals surface area contributed by atoms with Gasteiger partial charge >= 0.3 is 39.5 Å². The zero-order valence-corrected chi connectivity index (χ0v) is 66.3. The average molecular weight is 1510 g/mol. The molecule has 592 valence electrons. The van der Waals surface area contributed by atoms with Crippen molar-refractivity contribution in [3.63, 3.8) is 0 Å². The van der Waals surface area contributed by atoms with E-state index in [-0.39, 0.29) is 25.7 Å². The maximum atomic E-state index is 13.1. The number of phosphoric ester groups is 2. The minimum atomic E-state index is -5.03. The van der Waals surface area contributed by atoms with Crippen molar-refractivity contribution in [1.29, 1.82) is 0 Å². The number of aliphatic hydroxyl groups is 1. The quantitative estimate of drug-likeness (QED) is 0.0169. The van der Waals surface area contributed by atoms with Crippen LogP contribution in [0.25, 0.3) is 0 Å². The van der Waals surface area contributed by atoms with Crippen molar-refractivity contribution in [3.05, 3.63) is 231 Å². The van der Waals surface area contributed by atoms with Gasteiger partial charge in [-0.3, -0.25) is 37.3 Å². The lowest BCUT2D eigenvalue weighted by molar-refractivity contribution is -0.161. The summed E-state index contributed by atoms with van der Waals surface area (Å²) in [5, 5.41) is 10.6. The van der Waals surface area contributed by atoms with Gasteiger partial charge in [-0.1, -0.05) is 265 Å². The Morgan fingerprint density at radius 3 is 0.830 bits per heavy atom. The van der Waals surface area contributed by atoms with Crippen LogP contribution in [0.3, 0.4) is 0 Å². The van der Waals surface area contributed by atoms with Crippen molar-refractivity contribution < 1.29 is 80.2 Å². The number of carbonyl (C=O) groups excluding carboxylic acids is 4. The van der Waals surface area contributed by atoms with Crippen molar-refractivity contribution in [1.82, 2.24) is 0 Å². The van der Waals surface area contributed by atoms with E-state index >= 15 is 0 Å². The molecule has 5 unspecified atom stereocenters. The Bertz CT molecular complexity index is 2930. The Labute approximate surface area is 638 Å². The van der Waals surface area contributed by atoms with E-state index in [1.54, 1.807) is 12.2 Å². The molecule has 0 rings (SSSR count). The van der Waals surface area contributed by atoms with E-state index in [1.165, 1.54) is 0 Å². The number of esters is 4. The number of allylic oxidation sites excluding steroid dienone is 37. The van der Waals surface area contributed by atoms with Crippen LogP contribution in [0.2, 0.25) is 0 Å². The molecular weight excluding hydrogens is 1380 g/mol. The lowest BCUT2D eigenvalue weighted by Crippen LogP contribution is -2.30. The number of hydrogen-bond acceptors (Lipinski definition) is 15. The molecule has 17 nitrogen and oxygen atoms in total. The second-order valence-corrected chi connectivity index (χ2v) is 27.3. The van der Waals surface area contributed by atoms with E-state index < -0.39 is 97.5 Å². The highest BCUT2D eigenvalue weighted by molar-refractivity contribution is 7.47. The Hall–Kier alpha value is -6.88. The van der Waals surface area contributed by atoms with Crippen LogP contribution >= 0.6 is 15.6 Å². The van der Waals surface area contributed by atoms with Gasteiger partial charge in [0.2, 0.25) is 0 Å². The molecule has 5 atom stereocenters. The van der Waals surface area contributed by atoms with Gasteiger partial charge in [-0.25, -0.2) is 9.13 Å². The lowest BCUT2D eigenvalue weighted by Gasteiger charge is -2.21. The van der Waals surface area contributed by atoms with Gasteiger partial charge in [-0.05, 0) is 173 Å². The highest BCUT2D eigenvalue weighted by atomic mass is 31.2. The Kier molecular flexibility index (Phi) is 71.4. The van der Waals surface area contributed by atoms with Crippen LogP contribution in [0.4, 0.5) is 0 Å². The van der Waals surface area contributed by atoms with Crippen molar-refractivity contribution in [2.45, 2.75) is 251 Å². The fourth-order valence-corrected chi connectivity index (χ4v) is 10.5. The van der Waals surface area contributed by atoms with Crippen molar-refractivity contribution in [3.8, 4) is 0 Å². The topological polar surface area (TPSA) is 237 Å². The third-order valence-corrected chi connectivity index (χ3v) is 16.5. The maximum Gasteiger partial charge on any atom is 0.472 e. The van der Waals surface area contributed by atoms with E-state index in [1.807, 2.05) is 30.4 Å². The van der Waals surface area contributed by atoms with Crippen LogP contribution in [0.1, 0.15) is 233 Å². The molecule has 0 aliphatic carbocycles. The highest BCUT2D eigenvalue weighted by Gasteiger charge is 2.30. The molecule has 0 amide bonds. The first kappa shape index (κ1) is 99.1. The summed E-state index contributed by atoms with van der Waals surface area (Å²) in [6.45, 7) is 4.08. The van der Waals surface area contributed by atoms with E-state index in [0.717, 1.165) is 141 Å². The zero-order chi connectivity index (χ0) is 77.4. The number of hydrogen-bond donors (Lipinski definition) is 3. The average Bonchev–Trinajstić information content (AvgIpc) is 0.909. The van der Waals surface area contributed by atoms with Crippen molar-refractivity contribution >= 4 is 39.5 Å². The van der Waals surface area contributed by atoms with Gasteiger partial charge in [0.15, 0.2) is 12.2 Å². The number of unbranched alkanes of at least 4 members (excludes halogenated alkanes) is 6. The molecule has 0 aromatic rings. The van der Waals surface area contributed by atoms with Crippen LogP contribution in [0.15, 0.2) is 231 Å². The third-order valence-electron chi connectivity index (χ3n) is 14.6. The second-order valence-electron chi connectivity index (χ2n) is 24.4. The first-order valence-corrected chi connectivity index (χ1v) is 41.6. The fourth-order valence-electron chi connectivity index (χ4n) is 8.93. The molecule has 0 bridgehead atoms. The minimum Gasteiger partial charge on any atom is -0.462 e. The predicted molar refractivity (Wildman–Crippen MR) is 435 cm³/mol. The molecule has 0 aromatic heterocycles. The molecule has 0 aromatic carbocycles. The SMILES string of the molecule is CC/C=C\C/C=C\C/C=C\C/C=C\C/C=C\CCCCCC(=O)OCC(COP(=O)(O)OCC(O)COP(=O)(O)OCC(COC(=O)CCC/C=C\C/C=C\C/C=C\C/C=C\C/C=C\CC)OC(=O)C/C=C\C/C=C\C/C=C\C/C=C\C/C=C\CC)OC(=O)CCCC/C=C\C/C=C\C/C=C\C/C=C\CC. The molecule has 0 heterocycles. The standard InChI is InChI=1S/C87H132O17P2/c1-5-9-13-17-21-25-29-33-37-39-40-42-46-48-52-56-60-64-68-72-85(90)98-78-83(104-87(92)74-70-66-62-58-54-50-44-36-32-28-24-20-16-12-8-4)80-102-106(95,96)100-76-81(88)75-99-105(93,94)101-79-82(103-86(91)73-69-65-61-57-53-49-43-35-31-27-23-19-15-11-7-3)77-97-84(89)71-67-63-59-55-51-47-45-41-38-34-30-26-22-18-14-10-6-2/h9-16,21-28,33-38,40,42-45,47-48,52-55,57-59,65,69,81-83,88H,5-8,17-20,29-32,39,41,46,49-51,56,60-64,66-68,70-80H2,1-4H3,(H,93,94)(H,95,96)/b13-9-,14-10-,15-11-,16-12-,25-21-,26-22-,27-23-,28-24-,37-33-,38-34-,42-40-,43-35-,44-36-,47-45-,52-48-,57-53-,58-54-,59-55-,69-65-. The molecule has 0 saturated carbocycles. The Morgan fingerprint density at radius 2 is 0.509 bits per heavy atom. The van der Waals surface area contributed by atoms with E-state index in [2.05, 4.69) is 216 Å². The van der Waals surface area contributed by atoms with E-state index in [9.17, 15) is 43.2 Å². The summed E-state index contributed by atoms with van der Waals surface area (Å²) in [7, 11) is -10.1. The summed E-state index contributed by atoms with van der Waals surface area (Å²) in [4.78, 5) is 72.9. The van der Waals surface area contributed by atoms with Gasteiger partial charge in [0.05, 0.1) is 32.8 Å². The smallest absolute Gasteiger partial charge is 0.462 e. The fraction of sp³-hybridized carbons (Fsp3) is 0.517. The summed E-state index contributed by atoms with van der Waals surface area (Å²) in [5.41, 5.74) is 0. The molecule has 3 N–H and O–H groups in total. The lowest BCUT2D eigenvalue weighted by atomic mass is 10.1. The van der Waals surface area contributed by atoms with Crippen LogP contribution in [0.5, 0.6) is 0 Å². The first-order chi connectivity index (χ1) is 51.7. The monoisotopic (exact) mass is 1510 g/mol. The van der Waals surface area contributed by atoms with Gasteiger partial charge in [0, 0.05) is 19.3 Å². The molecule has 0 saturated heterocycles. The normalized spacial score (nSPS) is 15.1. The summed E-state index contributed by atoms with van der Waals surface area (Å²) in [5.74, 6) is -2.51. The molecule has 106 heavy (non-hydrogen) atoms.